The quantitative estimate of drug-likeness (QED) is 0.285. The number of phenols is 2. The van der Waals surface area contributed by atoms with Crippen LogP contribution in [-0.4, -0.2) is 34.7 Å². The van der Waals surface area contributed by atoms with Gasteiger partial charge in [0.1, 0.15) is 11.5 Å². The van der Waals surface area contributed by atoms with Gasteiger partial charge < -0.3 is 10.2 Å². The molecule has 3 rings (SSSR count). The van der Waals surface area contributed by atoms with Gasteiger partial charge in [0.15, 0.2) is 0 Å². The number of benzene rings is 2. The first-order valence-corrected chi connectivity index (χ1v) is 12.5. The van der Waals surface area contributed by atoms with Crippen LogP contribution in [0.3, 0.4) is 0 Å². The van der Waals surface area contributed by atoms with Gasteiger partial charge in [-0.15, -0.1) is 0 Å². The molecule has 0 radical (unpaired) electrons. The summed E-state index contributed by atoms with van der Waals surface area (Å²) in [5.74, 6) is -1.08. The first kappa shape index (κ1) is 29.5. The van der Waals surface area contributed by atoms with E-state index < -0.39 is 23.5 Å². The smallest absolute Gasteiger partial charge is 0.416 e. The van der Waals surface area contributed by atoms with Crippen molar-refractivity contribution in [3.05, 3.63) is 57.6 Å². The topological polar surface area (TPSA) is 65.2 Å². The summed E-state index contributed by atoms with van der Waals surface area (Å²) in [6.07, 6.45) is -4.28. The molecular weight excluding hydrogens is 510 g/mol. The number of aromatic hydroxyl groups is 2. The summed E-state index contributed by atoms with van der Waals surface area (Å²) in [6.45, 7) is 6.78. The molecule has 1 aliphatic carbocycles. The number of hydrogen-bond acceptors (Lipinski definition) is 4. The first-order valence-electron chi connectivity index (χ1n) is 12.5. The predicted octanol–water partition coefficient (Wildman–Crippen LogP) is 8.23. The summed E-state index contributed by atoms with van der Waals surface area (Å²) in [6, 6.07) is 3.29. The third-order valence-electron chi connectivity index (χ3n) is 6.75. The first-order chi connectivity index (χ1) is 17.6. The second kappa shape index (κ2) is 11.4. The Hall–Kier alpha value is -3.04. The molecule has 0 aromatic heterocycles. The average molecular weight is 543 g/mol. The van der Waals surface area contributed by atoms with E-state index in [1.54, 1.807) is 27.7 Å². The van der Waals surface area contributed by atoms with E-state index >= 15 is 0 Å². The van der Waals surface area contributed by atoms with E-state index in [-0.39, 0.29) is 57.7 Å². The number of aliphatic imine (C=N–C) groups is 2. The minimum Gasteiger partial charge on any atom is -0.507 e. The normalized spacial score (nSPS) is 19.4. The molecule has 0 atom stereocenters. The summed E-state index contributed by atoms with van der Waals surface area (Å²) >= 11 is 0. The fraction of sp³-hybridized carbons (Fsp3) is 0.500. The third-order valence-corrected chi connectivity index (χ3v) is 6.75. The molecule has 0 aliphatic heterocycles. The molecule has 38 heavy (non-hydrogen) atoms. The van der Waals surface area contributed by atoms with Crippen LogP contribution in [-0.2, 0) is 12.4 Å². The average Bonchev–Trinajstić information content (AvgIpc) is 2.81. The van der Waals surface area contributed by atoms with Crippen LogP contribution in [0, 0.1) is 0 Å². The SMILES string of the molecule is CC(C)c1cc(C(F)(F)F)cc(C=NC2CCC(N=Cc3cc(C(F)(F)F)cc(C(C)C)c3O)CC2)c1O. The fourth-order valence-corrected chi connectivity index (χ4v) is 4.49. The van der Waals surface area contributed by atoms with Crippen molar-refractivity contribution in [2.24, 2.45) is 9.98 Å². The van der Waals surface area contributed by atoms with Crippen LogP contribution in [0.1, 0.15) is 98.6 Å². The van der Waals surface area contributed by atoms with Crippen molar-refractivity contribution in [2.45, 2.75) is 89.7 Å². The Balaban J connectivity index is 1.73. The Morgan fingerprint density at radius 1 is 0.658 bits per heavy atom. The maximum atomic E-state index is 13.3. The van der Waals surface area contributed by atoms with Crippen LogP contribution in [0.2, 0.25) is 0 Å². The molecule has 208 valence electrons. The van der Waals surface area contributed by atoms with Crippen LogP contribution in [0.25, 0.3) is 0 Å². The van der Waals surface area contributed by atoms with E-state index in [4.69, 9.17) is 0 Å². The van der Waals surface area contributed by atoms with Gasteiger partial charge in [-0.05, 0) is 72.9 Å². The largest absolute Gasteiger partial charge is 0.507 e. The number of phenolic OH excluding ortho intramolecular Hbond substituents is 2. The third kappa shape index (κ3) is 7.08. The lowest BCUT2D eigenvalue weighted by atomic mass is 9.91. The minimum absolute atomic E-state index is 0.00430. The molecule has 4 nitrogen and oxygen atoms in total. The number of nitrogens with zero attached hydrogens (tertiary/aromatic N) is 2. The predicted molar refractivity (Wildman–Crippen MR) is 136 cm³/mol. The van der Waals surface area contributed by atoms with Gasteiger partial charge in [-0.2, -0.15) is 26.3 Å². The molecule has 0 spiro atoms. The zero-order chi connectivity index (χ0) is 28.4. The molecular formula is C28H32F6N2O2. The van der Waals surface area contributed by atoms with Gasteiger partial charge in [0, 0.05) is 23.6 Å². The Labute approximate surface area is 218 Å². The molecule has 0 heterocycles. The number of hydrogen-bond donors (Lipinski definition) is 2. The van der Waals surface area contributed by atoms with E-state index in [1.807, 2.05) is 0 Å². The zero-order valence-corrected chi connectivity index (χ0v) is 21.7. The number of alkyl halides is 6. The van der Waals surface area contributed by atoms with Crippen molar-refractivity contribution in [3.8, 4) is 11.5 Å². The van der Waals surface area contributed by atoms with Crippen LogP contribution in [0.4, 0.5) is 26.3 Å². The van der Waals surface area contributed by atoms with E-state index in [1.165, 1.54) is 12.4 Å². The second-order valence-corrected chi connectivity index (χ2v) is 10.3. The van der Waals surface area contributed by atoms with Gasteiger partial charge in [-0.1, -0.05) is 27.7 Å². The molecule has 0 bridgehead atoms. The van der Waals surface area contributed by atoms with Gasteiger partial charge in [-0.3, -0.25) is 9.98 Å². The standard InChI is InChI=1S/C28H32F6N2O2/c1-15(2)23-11-19(27(29,30)31)9-17(25(23)37)13-35-21-5-7-22(8-6-21)36-14-18-10-20(28(32,33)34)12-24(16(3)4)26(18)38/h9-16,21-22,37-38H,5-8H2,1-4H3. The van der Waals surface area contributed by atoms with E-state index in [9.17, 15) is 36.6 Å². The summed E-state index contributed by atoms with van der Waals surface area (Å²) in [7, 11) is 0. The molecule has 0 unspecified atom stereocenters. The van der Waals surface area contributed by atoms with Crippen molar-refractivity contribution in [1.29, 1.82) is 0 Å². The zero-order valence-electron chi connectivity index (χ0n) is 21.7. The van der Waals surface area contributed by atoms with E-state index in [0.29, 0.717) is 25.7 Å². The van der Waals surface area contributed by atoms with Crippen molar-refractivity contribution in [3.63, 3.8) is 0 Å². The lowest BCUT2D eigenvalue weighted by molar-refractivity contribution is -0.138. The molecule has 2 aromatic carbocycles. The fourth-order valence-electron chi connectivity index (χ4n) is 4.49. The molecule has 10 heteroatoms. The summed E-state index contributed by atoms with van der Waals surface area (Å²) in [5, 5.41) is 21.0. The lowest BCUT2D eigenvalue weighted by Crippen LogP contribution is -2.20. The number of halogens is 6. The van der Waals surface area contributed by atoms with Crippen LogP contribution < -0.4 is 0 Å². The maximum absolute atomic E-state index is 13.3. The highest BCUT2D eigenvalue weighted by molar-refractivity contribution is 5.85. The Bertz CT molecular complexity index is 1100. The molecule has 1 fully saturated rings. The van der Waals surface area contributed by atoms with E-state index in [0.717, 1.165) is 24.3 Å². The van der Waals surface area contributed by atoms with Gasteiger partial charge in [0.05, 0.1) is 23.2 Å². The molecule has 1 saturated carbocycles. The Morgan fingerprint density at radius 3 is 1.24 bits per heavy atom. The molecule has 0 amide bonds. The molecule has 0 saturated heterocycles. The summed E-state index contributed by atoms with van der Waals surface area (Å²) < 4.78 is 80.0. The van der Waals surface area contributed by atoms with Gasteiger partial charge in [0.25, 0.3) is 0 Å². The second-order valence-electron chi connectivity index (χ2n) is 10.3. The van der Waals surface area contributed by atoms with Crippen molar-refractivity contribution in [1.82, 2.24) is 0 Å². The highest BCUT2D eigenvalue weighted by Gasteiger charge is 2.33. The van der Waals surface area contributed by atoms with Crippen LogP contribution in [0.15, 0.2) is 34.3 Å². The molecule has 2 N–H and O–H groups in total. The Kier molecular flexibility index (Phi) is 8.83. The van der Waals surface area contributed by atoms with Crippen molar-refractivity contribution < 1.29 is 36.6 Å². The summed E-state index contributed by atoms with van der Waals surface area (Å²) in [5.41, 5.74) is -1.31. The summed E-state index contributed by atoms with van der Waals surface area (Å²) in [4.78, 5) is 8.81. The van der Waals surface area contributed by atoms with Gasteiger partial charge in [0.2, 0.25) is 0 Å². The minimum atomic E-state index is -4.56. The van der Waals surface area contributed by atoms with Crippen molar-refractivity contribution >= 4 is 12.4 Å². The Morgan fingerprint density at radius 2 is 0.974 bits per heavy atom. The van der Waals surface area contributed by atoms with Crippen LogP contribution in [0.5, 0.6) is 11.5 Å². The highest BCUT2D eigenvalue weighted by Crippen LogP contribution is 2.38. The van der Waals surface area contributed by atoms with Gasteiger partial charge in [-0.25, -0.2) is 0 Å². The monoisotopic (exact) mass is 542 g/mol. The van der Waals surface area contributed by atoms with Crippen LogP contribution >= 0.6 is 0 Å². The lowest BCUT2D eigenvalue weighted by Gasteiger charge is -2.23. The van der Waals surface area contributed by atoms with E-state index in [2.05, 4.69) is 9.98 Å². The number of rotatable bonds is 6. The highest BCUT2D eigenvalue weighted by atomic mass is 19.4. The molecule has 2 aromatic rings. The van der Waals surface area contributed by atoms with Crippen molar-refractivity contribution in [2.75, 3.05) is 0 Å². The maximum Gasteiger partial charge on any atom is 0.416 e. The molecule has 1 aliphatic rings. The van der Waals surface area contributed by atoms with Gasteiger partial charge >= 0.3 is 12.4 Å².